The minimum atomic E-state index is 0.977. The molecule has 1 spiro atoms. The molecule has 1 nitrogen and oxygen atoms in total. The molecule has 0 aromatic carbocycles. The summed E-state index contributed by atoms with van der Waals surface area (Å²) in [6.45, 7) is 0. The Labute approximate surface area is 62.4 Å². The van der Waals surface area contributed by atoms with Crippen LogP contribution in [-0.4, -0.2) is 12.2 Å². The van der Waals surface area contributed by atoms with Crippen LogP contribution in [-0.2, 0) is 0 Å². The summed E-state index contributed by atoms with van der Waals surface area (Å²) in [6, 6.07) is 0. The van der Waals surface area contributed by atoms with Gasteiger partial charge in [0.15, 0.2) is 0 Å². The highest BCUT2D eigenvalue weighted by Crippen LogP contribution is 2.75. The normalized spacial score (nSPS) is 53.4. The van der Waals surface area contributed by atoms with Gasteiger partial charge >= 0.3 is 0 Å². The molecular weight excluding hydrogens is 124 g/mol. The second-order valence-corrected chi connectivity index (χ2v) is 4.03. The zero-order valence-corrected chi connectivity index (χ0v) is 6.64. The molecule has 10 heavy (non-hydrogen) atoms. The molecule has 4 saturated carbocycles. The zero-order chi connectivity index (χ0) is 7.19. The first-order valence-corrected chi connectivity index (χ1v) is 4.35. The third-order valence-electron chi connectivity index (χ3n) is 3.88. The molecule has 0 amide bonds. The molecule has 1 heteroatoms. The van der Waals surface area contributed by atoms with E-state index >= 15 is 0 Å². The summed E-state index contributed by atoms with van der Waals surface area (Å²) in [5.41, 5.74) is 0.977. The lowest BCUT2D eigenvalue weighted by Crippen LogP contribution is -2.57. The second kappa shape index (κ2) is 1.97. The van der Waals surface area contributed by atoms with Crippen molar-refractivity contribution in [3.05, 3.63) is 0 Å². The quantitative estimate of drug-likeness (QED) is 0.544. The van der Waals surface area contributed by atoms with E-state index in [0.29, 0.717) is 0 Å². The Bertz CT molecular complexity index is 136. The summed E-state index contributed by atoms with van der Waals surface area (Å²) >= 11 is 0. The predicted molar refractivity (Wildman–Crippen MR) is 40.6 cm³/mol. The van der Waals surface area contributed by atoms with Crippen LogP contribution in [0.5, 0.6) is 0 Å². The summed E-state index contributed by atoms with van der Waals surface area (Å²) in [4.78, 5) is 0. The van der Waals surface area contributed by atoms with Gasteiger partial charge in [0, 0.05) is 7.11 Å². The van der Waals surface area contributed by atoms with Crippen molar-refractivity contribution in [3.8, 4) is 0 Å². The van der Waals surface area contributed by atoms with E-state index in [2.05, 4.69) is 0 Å². The summed E-state index contributed by atoms with van der Waals surface area (Å²) in [7, 11) is 1.00. The first kappa shape index (κ1) is 6.66. The largest absolute Gasteiger partial charge is 0.400 e. The summed E-state index contributed by atoms with van der Waals surface area (Å²) in [5, 5.41) is 7.00. The molecule has 0 aromatic rings. The third-order valence-corrected chi connectivity index (χ3v) is 3.88. The number of hydrogen-bond acceptors (Lipinski definition) is 1. The molecule has 1 unspecified atom stereocenters. The van der Waals surface area contributed by atoms with Crippen LogP contribution in [0, 0.1) is 17.3 Å². The van der Waals surface area contributed by atoms with Crippen molar-refractivity contribution in [1.82, 2.24) is 0 Å². The Morgan fingerprint density at radius 2 is 2.00 bits per heavy atom. The minimum absolute atomic E-state index is 0.977. The standard InChI is InChI=1S/C8H12.CH4O/c1-2-7-6-4-8(7,3-1)5-6;1-2/h6-7H,1-5H2;2H,1H3. The molecular formula is C9H16O. The highest BCUT2D eigenvalue weighted by atomic mass is 16.2. The van der Waals surface area contributed by atoms with Crippen LogP contribution in [0.3, 0.4) is 0 Å². The molecule has 0 aliphatic heterocycles. The first-order valence-electron chi connectivity index (χ1n) is 4.35. The van der Waals surface area contributed by atoms with Crippen LogP contribution in [0.25, 0.3) is 0 Å². The maximum Gasteiger partial charge on any atom is 0.0319 e. The average molecular weight is 140 g/mol. The molecule has 58 valence electrons. The van der Waals surface area contributed by atoms with Crippen molar-refractivity contribution in [3.63, 3.8) is 0 Å². The molecule has 1 atom stereocenters. The fraction of sp³-hybridized carbons (Fsp3) is 1.00. The smallest absolute Gasteiger partial charge is 0.0319 e. The molecule has 1 N–H and O–H groups in total. The topological polar surface area (TPSA) is 20.2 Å². The van der Waals surface area contributed by atoms with Gasteiger partial charge in [-0.2, -0.15) is 0 Å². The van der Waals surface area contributed by atoms with Gasteiger partial charge in [-0.3, -0.25) is 0 Å². The van der Waals surface area contributed by atoms with Gasteiger partial charge in [-0.15, -0.1) is 0 Å². The fourth-order valence-electron chi connectivity index (χ4n) is 3.36. The molecule has 4 aliphatic rings. The van der Waals surface area contributed by atoms with Gasteiger partial charge in [0.2, 0.25) is 0 Å². The number of rotatable bonds is 0. The summed E-state index contributed by atoms with van der Waals surface area (Å²) in [5.74, 6) is 2.46. The second-order valence-electron chi connectivity index (χ2n) is 4.03. The Morgan fingerprint density at radius 1 is 1.30 bits per heavy atom. The highest BCUT2D eigenvalue weighted by molar-refractivity contribution is 5.15. The predicted octanol–water partition coefficient (Wildman–Crippen LogP) is 1.81. The Morgan fingerprint density at radius 3 is 2.20 bits per heavy atom. The van der Waals surface area contributed by atoms with Crippen LogP contribution in [0.4, 0.5) is 0 Å². The summed E-state index contributed by atoms with van der Waals surface area (Å²) < 4.78 is 0. The molecule has 4 fully saturated rings. The van der Waals surface area contributed by atoms with E-state index in [1.807, 2.05) is 0 Å². The van der Waals surface area contributed by atoms with E-state index in [1.165, 1.54) is 11.8 Å². The van der Waals surface area contributed by atoms with Crippen LogP contribution >= 0.6 is 0 Å². The molecule has 0 heterocycles. The van der Waals surface area contributed by atoms with Crippen molar-refractivity contribution in [1.29, 1.82) is 0 Å². The van der Waals surface area contributed by atoms with Gasteiger partial charge in [0.1, 0.15) is 0 Å². The molecule has 4 aliphatic carbocycles. The van der Waals surface area contributed by atoms with Crippen LogP contribution < -0.4 is 0 Å². The SMILES string of the molecule is C1CC2C3CC2(C1)C3.CO. The Kier molecular flexibility index (Phi) is 1.31. The maximum atomic E-state index is 7.00. The van der Waals surface area contributed by atoms with Crippen molar-refractivity contribution >= 4 is 0 Å². The summed E-state index contributed by atoms with van der Waals surface area (Å²) in [6.07, 6.45) is 7.98. The van der Waals surface area contributed by atoms with Gasteiger partial charge in [-0.1, -0.05) is 6.42 Å². The lowest BCUT2D eigenvalue weighted by atomic mass is 9.39. The average Bonchev–Trinajstić information content (AvgIpc) is 2.09. The lowest BCUT2D eigenvalue weighted by molar-refractivity contribution is -0.165. The number of aliphatic hydroxyl groups excluding tert-OH is 1. The number of hydrogen-bond donors (Lipinski definition) is 1. The van der Waals surface area contributed by atoms with Crippen molar-refractivity contribution < 1.29 is 5.11 Å². The lowest BCUT2D eigenvalue weighted by Gasteiger charge is -2.66. The van der Waals surface area contributed by atoms with Crippen molar-refractivity contribution in [2.24, 2.45) is 17.3 Å². The van der Waals surface area contributed by atoms with E-state index in [-0.39, 0.29) is 0 Å². The van der Waals surface area contributed by atoms with E-state index in [1.54, 1.807) is 32.1 Å². The van der Waals surface area contributed by atoms with Crippen LogP contribution in [0.2, 0.25) is 0 Å². The molecule has 0 radical (unpaired) electrons. The van der Waals surface area contributed by atoms with Gasteiger partial charge in [0.05, 0.1) is 0 Å². The highest BCUT2D eigenvalue weighted by Gasteiger charge is 2.66. The molecule has 2 bridgehead atoms. The molecule has 0 saturated heterocycles. The van der Waals surface area contributed by atoms with E-state index in [9.17, 15) is 0 Å². The van der Waals surface area contributed by atoms with Crippen LogP contribution in [0.15, 0.2) is 0 Å². The molecule has 4 rings (SSSR count). The third kappa shape index (κ3) is 0.531. The van der Waals surface area contributed by atoms with Gasteiger partial charge < -0.3 is 5.11 Å². The van der Waals surface area contributed by atoms with Gasteiger partial charge in [0.25, 0.3) is 0 Å². The van der Waals surface area contributed by atoms with Gasteiger partial charge in [-0.25, -0.2) is 0 Å². The van der Waals surface area contributed by atoms with Crippen molar-refractivity contribution in [2.45, 2.75) is 32.1 Å². The van der Waals surface area contributed by atoms with Crippen LogP contribution in [0.1, 0.15) is 32.1 Å². The van der Waals surface area contributed by atoms with E-state index in [4.69, 9.17) is 5.11 Å². The first-order chi connectivity index (χ1) is 4.91. The maximum absolute atomic E-state index is 7.00. The minimum Gasteiger partial charge on any atom is -0.400 e. The fourth-order valence-corrected chi connectivity index (χ4v) is 3.36. The molecule has 0 aromatic heterocycles. The number of aliphatic hydroxyl groups is 1. The Hall–Kier alpha value is -0.0400. The Balaban J connectivity index is 0.000000188. The van der Waals surface area contributed by atoms with Crippen molar-refractivity contribution in [2.75, 3.05) is 7.11 Å². The van der Waals surface area contributed by atoms with E-state index < -0.39 is 0 Å². The zero-order valence-electron chi connectivity index (χ0n) is 6.64. The van der Waals surface area contributed by atoms with E-state index in [0.717, 1.165) is 12.5 Å². The monoisotopic (exact) mass is 140 g/mol. The van der Waals surface area contributed by atoms with Gasteiger partial charge in [-0.05, 0) is 42.9 Å².